The van der Waals surface area contributed by atoms with Gasteiger partial charge in [0, 0.05) is 18.5 Å². The van der Waals surface area contributed by atoms with Crippen molar-refractivity contribution >= 4 is 5.91 Å². The number of hydrogen-bond donors (Lipinski definition) is 1. The summed E-state index contributed by atoms with van der Waals surface area (Å²) in [5.41, 5.74) is 0.938. The van der Waals surface area contributed by atoms with Crippen LogP contribution in [0, 0.1) is 0 Å². The van der Waals surface area contributed by atoms with E-state index in [1.807, 2.05) is 49.4 Å². The normalized spacial score (nSPS) is 11.9. The monoisotopic (exact) mass is 351 g/mol. The maximum atomic E-state index is 12.4. The third-order valence-corrected chi connectivity index (χ3v) is 4.06. The lowest BCUT2D eigenvalue weighted by Crippen LogP contribution is -2.35. The summed E-state index contributed by atoms with van der Waals surface area (Å²) in [5, 5.41) is 7.11. The van der Waals surface area contributed by atoms with Crippen LogP contribution in [0.4, 0.5) is 0 Å². The Morgan fingerprint density at radius 3 is 2.69 bits per heavy atom. The Hall–Kier alpha value is -3.15. The zero-order valence-corrected chi connectivity index (χ0v) is 14.6. The lowest BCUT2D eigenvalue weighted by atomic mass is 10.1. The molecular formula is C20H21N3O3. The number of hydrogen-bond acceptors (Lipinski definition) is 4. The van der Waals surface area contributed by atoms with E-state index >= 15 is 0 Å². The molecule has 0 radical (unpaired) electrons. The van der Waals surface area contributed by atoms with Crippen LogP contribution >= 0.6 is 0 Å². The van der Waals surface area contributed by atoms with Crippen LogP contribution in [-0.2, 0) is 13.0 Å². The molecule has 2 aromatic heterocycles. The van der Waals surface area contributed by atoms with Crippen LogP contribution < -0.4 is 10.9 Å². The average Bonchev–Trinajstić information content (AvgIpc) is 3.16. The summed E-state index contributed by atoms with van der Waals surface area (Å²) in [6.45, 7) is 2.26. The fourth-order valence-corrected chi connectivity index (χ4v) is 2.62. The quantitative estimate of drug-likeness (QED) is 0.710. The van der Waals surface area contributed by atoms with E-state index in [4.69, 9.17) is 4.42 Å². The second kappa shape index (κ2) is 8.29. The Balaban J connectivity index is 1.63. The Morgan fingerprint density at radius 2 is 1.96 bits per heavy atom. The summed E-state index contributed by atoms with van der Waals surface area (Å²) in [4.78, 5) is 24.4. The van der Waals surface area contributed by atoms with Gasteiger partial charge in [-0.1, -0.05) is 30.3 Å². The first-order chi connectivity index (χ1) is 12.6. The fraction of sp³-hybridized carbons (Fsp3) is 0.250. The van der Waals surface area contributed by atoms with Crippen molar-refractivity contribution in [2.75, 3.05) is 0 Å². The van der Waals surface area contributed by atoms with E-state index in [0.717, 1.165) is 24.2 Å². The molecule has 3 rings (SSSR count). The van der Waals surface area contributed by atoms with Gasteiger partial charge in [-0.05, 0) is 37.1 Å². The molecule has 6 heteroatoms. The third-order valence-electron chi connectivity index (χ3n) is 4.06. The number of furan rings is 1. The van der Waals surface area contributed by atoms with E-state index in [-0.39, 0.29) is 23.2 Å². The molecule has 1 amide bonds. The number of rotatable bonds is 7. The Morgan fingerprint density at radius 1 is 1.15 bits per heavy atom. The van der Waals surface area contributed by atoms with E-state index in [1.165, 1.54) is 16.8 Å². The third kappa shape index (κ3) is 4.69. The van der Waals surface area contributed by atoms with E-state index in [1.54, 1.807) is 6.26 Å². The minimum absolute atomic E-state index is 0.0381. The van der Waals surface area contributed by atoms with E-state index < -0.39 is 0 Å². The first-order valence-electron chi connectivity index (χ1n) is 8.57. The molecule has 0 unspecified atom stereocenters. The summed E-state index contributed by atoms with van der Waals surface area (Å²) in [5.74, 6) is 0.597. The minimum atomic E-state index is -0.293. The highest BCUT2D eigenvalue weighted by atomic mass is 16.3. The molecule has 134 valence electrons. The molecule has 0 aliphatic heterocycles. The summed E-state index contributed by atoms with van der Waals surface area (Å²) >= 11 is 0. The number of aryl methyl sites for hydroxylation is 1. The predicted octanol–water partition coefficient (Wildman–Crippen LogP) is 2.64. The maximum absolute atomic E-state index is 12.4. The number of nitrogens with one attached hydrogen (secondary N) is 1. The van der Waals surface area contributed by atoms with Gasteiger partial charge in [0.05, 0.1) is 12.8 Å². The van der Waals surface area contributed by atoms with Crippen LogP contribution in [0.15, 0.2) is 70.1 Å². The lowest BCUT2D eigenvalue weighted by Gasteiger charge is -2.13. The van der Waals surface area contributed by atoms with Crippen molar-refractivity contribution in [3.63, 3.8) is 0 Å². The molecule has 0 saturated carbocycles. The van der Waals surface area contributed by atoms with Gasteiger partial charge in [-0.3, -0.25) is 9.59 Å². The number of carbonyl (C=O) groups is 1. The van der Waals surface area contributed by atoms with Crippen LogP contribution in [0.3, 0.4) is 0 Å². The van der Waals surface area contributed by atoms with Crippen molar-refractivity contribution in [1.29, 1.82) is 0 Å². The topological polar surface area (TPSA) is 77.1 Å². The van der Waals surface area contributed by atoms with Crippen LogP contribution in [-0.4, -0.2) is 21.7 Å². The van der Waals surface area contributed by atoms with Crippen LogP contribution in [0.1, 0.15) is 35.2 Å². The van der Waals surface area contributed by atoms with Crippen LogP contribution in [0.2, 0.25) is 0 Å². The van der Waals surface area contributed by atoms with E-state index in [2.05, 4.69) is 10.4 Å². The molecule has 1 atom stereocenters. The number of benzene rings is 1. The number of carbonyl (C=O) groups excluding carboxylic acids is 1. The molecule has 1 aromatic carbocycles. The Kier molecular flexibility index (Phi) is 5.63. The predicted molar refractivity (Wildman–Crippen MR) is 98.0 cm³/mol. The molecule has 0 aliphatic carbocycles. The molecule has 2 heterocycles. The summed E-state index contributed by atoms with van der Waals surface area (Å²) in [7, 11) is 0. The largest absolute Gasteiger partial charge is 0.469 e. The second-order valence-corrected chi connectivity index (χ2v) is 6.19. The molecule has 0 spiro atoms. The Labute approximate surface area is 151 Å². The van der Waals surface area contributed by atoms with Gasteiger partial charge in [-0.15, -0.1) is 0 Å². The highest BCUT2D eigenvalue weighted by molar-refractivity contribution is 5.92. The summed E-state index contributed by atoms with van der Waals surface area (Å²) in [6.07, 6.45) is 3.14. The number of aromatic nitrogens is 2. The molecule has 0 fully saturated rings. The van der Waals surface area contributed by atoms with Gasteiger partial charge >= 0.3 is 0 Å². The first kappa shape index (κ1) is 17.7. The van der Waals surface area contributed by atoms with Crippen molar-refractivity contribution in [1.82, 2.24) is 15.1 Å². The molecule has 6 nitrogen and oxygen atoms in total. The van der Waals surface area contributed by atoms with Gasteiger partial charge in [0.2, 0.25) is 0 Å². The number of nitrogens with zero attached hydrogens (tertiary/aromatic N) is 2. The average molecular weight is 351 g/mol. The van der Waals surface area contributed by atoms with Gasteiger partial charge in [0.15, 0.2) is 0 Å². The van der Waals surface area contributed by atoms with E-state index in [0.29, 0.717) is 6.54 Å². The van der Waals surface area contributed by atoms with Gasteiger partial charge in [0.25, 0.3) is 11.5 Å². The van der Waals surface area contributed by atoms with Crippen molar-refractivity contribution in [2.45, 2.75) is 32.4 Å². The van der Waals surface area contributed by atoms with Gasteiger partial charge in [-0.2, -0.15) is 5.10 Å². The second-order valence-electron chi connectivity index (χ2n) is 6.19. The standard InChI is InChI=1S/C20H21N3O3/c1-15(9-10-17-8-5-13-26-17)21-20(25)18-11-12-19(24)23(22-18)14-16-6-3-2-4-7-16/h2-8,11-13,15H,9-10,14H2,1H3,(H,21,25)/t15-/m0/s1. The SMILES string of the molecule is C[C@@H](CCc1ccco1)NC(=O)c1ccc(=O)n(Cc2ccccc2)n1. The molecular weight excluding hydrogens is 330 g/mol. The molecule has 26 heavy (non-hydrogen) atoms. The van der Waals surface area contributed by atoms with Gasteiger partial charge in [-0.25, -0.2) is 4.68 Å². The van der Waals surface area contributed by atoms with Crippen molar-refractivity contribution in [3.8, 4) is 0 Å². The van der Waals surface area contributed by atoms with Crippen LogP contribution in [0.25, 0.3) is 0 Å². The highest BCUT2D eigenvalue weighted by Gasteiger charge is 2.13. The van der Waals surface area contributed by atoms with E-state index in [9.17, 15) is 9.59 Å². The van der Waals surface area contributed by atoms with Crippen LogP contribution in [0.5, 0.6) is 0 Å². The smallest absolute Gasteiger partial charge is 0.271 e. The minimum Gasteiger partial charge on any atom is -0.469 e. The zero-order valence-electron chi connectivity index (χ0n) is 14.6. The number of amides is 1. The van der Waals surface area contributed by atoms with Crippen molar-refractivity contribution < 1.29 is 9.21 Å². The van der Waals surface area contributed by atoms with Gasteiger partial charge in [0.1, 0.15) is 11.5 Å². The maximum Gasteiger partial charge on any atom is 0.271 e. The Bertz CT molecular complexity index is 902. The lowest BCUT2D eigenvalue weighted by molar-refractivity contribution is 0.0930. The summed E-state index contributed by atoms with van der Waals surface area (Å²) < 4.78 is 6.60. The molecule has 0 bridgehead atoms. The highest BCUT2D eigenvalue weighted by Crippen LogP contribution is 2.06. The molecule has 3 aromatic rings. The van der Waals surface area contributed by atoms with Gasteiger partial charge < -0.3 is 9.73 Å². The van der Waals surface area contributed by atoms with Crippen molar-refractivity contribution in [2.24, 2.45) is 0 Å². The zero-order chi connectivity index (χ0) is 18.4. The first-order valence-corrected chi connectivity index (χ1v) is 8.57. The summed E-state index contributed by atoms with van der Waals surface area (Å²) in [6, 6.07) is 16.1. The molecule has 0 aliphatic rings. The van der Waals surface area contributed by atoms with Crippen molar-refractivity contribution in [3.05, 3.63) is 88.2 Å². The molecule has 1 N–H and O–H groups in total. The fourth-order valence-electron chi connectivity index (χ4n) is 2.62. The molecule has 0 saturated heterocycles.